The third-order valence-corrected chi connectivity index (χ3v) is 6.56. The quantitative estimate of drug-likeness (QED) is 0.825. The third kappa shape index (κ3) is 3.87. The Kier molecular flexibility index (Phi) is 5.45. The molecule has 3 aliphatic rings. The predicted molar refractivity (Wildman–Crippen MR) is 101 cm³/mol. The van der Waals surface area contributed by atoms with E-state index in [1.54, 1.807) is 6.92 Å². The van der Waals surface area contributed by atoms with Gasteiger partial charge in [0.1, 0.15) is 17.7 Å². The van der Waals surface area contributed by atoms with Crippen LogP contribution in [0.3, 0.4) is 0 Å². The molecule has 27 heavy (non-hydrogen) atoms. The van der Waals surface area contributed by atoms with E-state index in [2.05, 4.69) is 20.1 Å². The Morgan fingerprint density at radius 2 is 1.67 bits per heavy atom. The SMILES string of the molecule is CC(=O)N1CCC(c2nnc3n2C(C(=O)NC2CCCCCC2)CC3)CC1. The van der Waals surface area contributed by atoms with Gasteiger partial charge in [-0.15, -0.1) is 10.2 Å². The van der Waals surface area contributed by atoms with Crippen molar-refractivity contribution < 1.29 is 9.59 Å². The van der Waals surface area contributed by atoms with Gasteiger partial charge in [-0.1, -0.05) is 25.7 Å². The summed E-state index contributed by atoms with van der Waals surface area (Å²) in [6, 6.07) is 0.155. The maximum Gasteiger partial charge on any atom is 0.243 e. The van der Waals surface area contributed by atoms with Crippen LogP contribution in [0.15, 0.2) is 0 Å². The first-order chi connectivity index (χ1) is 13.1. The highest BCUT2D eigenvalue weighted by Crippen LogP contribution is 2.34. The van der Waals surface area contributed by atoms with Crippen molar-refractivity contribution in [1.82, 2.24) is 25.0 Å². The Bertz CT molecular complexity index is 685. The zero-order valence-corrected chi connectivity index (χ0v) is 16.3. The first kappa shape index (κ1) is 18.4. The Morgan fingerprint density at radius 3 is 2.33 bits per heavy atom. The Balaban J connectivity index is 1.44. The molecule has 0 aromatic carbocycles. The summed E-state index contributed by atoms with van der Waals surface area (Å²) in [7, 11) is 0. The van der Waals surface area contributed by atoms with Gasteiger partial charge in [0.05, 0.1) is 0 Å². The van der Waals surface area contributed by atoms with Crippen LogP contribution in [-0.2, 0) is 16.0 Å². The molecule has 3 heterocycles. The second kappa shape index (κ2) is 7.98. The summed E-state index contributed by atoms with van der Waals surface area (Å²) in [5, 5.41) is 12.1. The molecule has 2 aliphatic heterocycles. The number of aromatic nitrogens is 3. The number of nitrogens with one attached hydrogen (secondary N) is 1. The normalized spacial score (nSPS) is 24.5. The molecular formula is C20H31N5O2. The molecule has 0 spiro atoms. The van der Waals surface area contributed by atoms with Crippen LogP contribution in [0.2, 0.25) is 0 Å². The summed E-state index contributed by atoms with van der Waals surface area (Å²) < 4.78 is 2.11. The number of carbonyl (C=O) groups excluding carboxylic acids is 2. The van der Waals surface area contributed by atoms with E-state index in [-0.39, 0.29) is 23.8 Å². The van der Waals surface area contributed by atoms with Crippen molar-refractivity contribution >= 4 is 11.8 Å². The molecule has 1 saturated heterocycles. The molecule has 4 rings (SSSR count). The minimum Gasteiger partial charge on any atom is -0.352 e. The van der Waals surface area contributed by atoms with E-state index in [1.165, 1.54) is 25.7 Å². The van der Waals surface area contributed by atoms with Crippen molar-refractivity contribution in [3.05, 3.63) is 11.6 Å². The lowest BCUT2D eigenvalue weighted by Gasteiger charge is -2.31. The predicted octanol–water partition coefficient (Wildman–Crippen LogP) is 2.33. The number of hydrogen-bond donors (Lipinski definition) is 1. The fourth-order valence-corrected chi connectivity index (χ4v) is 4.94. The Labute approximate surface area is 160 Å². The molecular weight excluding hydrogens is 342 g/mol. The molecule has 0 radical (unpaired) electrons. The van der Waals surface area contributed by atoms with Crippen molar-refractivity contribution in [3.63, 3.8) is 0 Å². The first-order valence-electron chi connectivity index (χ1n) is 10.6. The molecule has 1 unspecified atom stereocenters. The topological polar surface area (TPSA) is 80.1 Å². The highest BCUT2D eigenvalue weighted by molar-refractivity contribution is 5.81. The minimum atomic E-state index is -0.168. The third-order valence-electron chi connectivity index (χ3n) is 6.56. The summed E-state index contributed by atoms with van der Waals surface area (Å²) >= 11 is 0. The summed E-state index contributed by atoms with van der Waals surface area (Å²) in [5.74, 6) is 2.46. The minimum absolute atomic E-state index is 0.139. The van der Waals surface area contributed by atoms with Crippen LogP contribution >= 0.6 is 0 Å². The monoisotopic (exact) mass is 373 g/mol. The van der Waals surface area contributed by atoms with E-state index < -0.39 is 0 Å². The molecule has 7 nitrogen and oxygen atoms in total. The molecule has 148 valence electrons. The van der Waals surface area contributed by atoms with Gasteiger partial charge in [0.15, 0.2) is 0 Å². The maximum atomic E-state index is 13.0. The van der Waals surface area contributed by atoms with Crippen molar-refractivity contribution in [3.8, 4) is 0 Å². The lowest BCUT2D eigenvalue weighted by atomic mass is 9.95. The number of fused-ring (bicyclic) bond motifs is 1. The van der Waals surface area contributed by atoms with Crippen LogP contribution < -0.4 is 5.32 Å². The second-order valence-corrected chi connectivity index (χ2v) is 8.38. The van der Waals surface area contributed by atoms with Crippen LogP contribution in [0, 0.1) is 0 Å². The second-order valence-electron chi connectivity index (χ2n) is 8.38. The summed E-state index contributed by atoms with van der Waals surface area (Å²) in [4.78, 5) is 26.5. The average Bonchev–Trinajstić information content (AvgIpc) is 3.17. The molecule has 1 aliphatic carbocycles. The Hall–Kier alpha value is -1.92. The lowest BCUT2D eigenvalue weighted by Crippen LogP contribution is -2.40. The van der Waals surface area contributed by atoms with E-state index in [4.69, 9.17) is 0 Å². The number of carbonyl (C=O) groups is 2. The van der Waals surface area contributed by atoms with Gasteiger partial charge < -0.3 is 14.8 Å². The molecule has 2 amide bonds. The van der Waals surface area contributed by atoms with Crippen LogP contribution in [0.5, 0.6) is 0 Å². The molecule has 7 heteroatoms. The summed E-state index contributed by atoms with van der Waals surface area (Å²) in [6.45, 7) is 3.16. The Morgan fingerprint density at radius 1 is 0.963 bits per heavy atom. The average molecular weight is 374 g/mol. The molecule has 1 aromatic heterocycles. The zero-order valence-electron chi connectivity index (χ0n) is 16.3. The smallest absolute Gasteiger partial charge is 0.243 e. The number of amides is 2. The largest absolute Gasteiger partial charge is 0.352 e. The number of aryl methyl sites for hydroxylation is 1. The van der Waals surface area contributed by atoms with E-state index >= 15 is 0 Å². The number of rotatable bonds is 3. The molecule has 2 fully saturated rings. The molecule has 1 atom stereocenters. The highest BCUT2D eigenvalue weighted by Gasteiger charge is 2.36. The summed E-state index contributed by atoms with van der Waals surface area (Å²) in [5.41, 5.74) is 0. The van der Waals surface area contributed by atoms with Crippen molar-refractivity contribution in [2.24, 2.45) is 0 Å². The number of piperidine rings is 1. The van der Waals surface area contributed by atoms with Gasteiger partial charge in [-0.3, -0.25) is 9.59 Å². The van der Waals surface area contributed by atoms with Gasteiger partial charge in [-0.2, -0.15) is 0 Å². The lowest BCUT2D eigenvalue weighted by molar-refractivity contribution is -0.129. The molecule has 0 bridgehead atoms. The fourth-order valence-electron chi connectivity index (χ4n) is 4.94. The van der Waals surface area contributed by atoms with Gasteiger partial charge in [0.2, 0.25) is 11.8 Å². The van der Waals surface area contributed by atoms with E-state index in [1.807, 2.05) is 4.90 Å². The highest BCUT2D eigenvalue weighted by atomic mass is 16.2. The van der Waals surface area contributed by atoms with Gasteiger partial charge >= 0.3 is 0 Å². The maximum absolute atomic E-state index is 13.0. The van der Waals surface area contributed by atoms with Gasteiger partial charge in [0.25, 0.3) is 0 Å². The van der Waals surface area contributed by atoms with Crippen LogP contribution in [0.25, 0.3) is 0 Å². The number of nitrogens with zero attached hydrogens (tertiary/aromatic N) is 4. The first-order valence-corrected chi connectivity index (χ1v) is 10.6. The van der Waals surface area contributed by atoms with Crippen molar-refractivity contribution in [1.29, 1.82) is 0 Å². The fraction of sp³-hybridized carbons (Fsp3) is 0.800. The van der Waals surface area contributed by atoms with E-state index in [0.29, 0.717) is 6.04 Å². The van der Waals surface area contributed by atoms with Crippen LogP contribution in [-0.4, -0.2) is 50.6 Å². The van der Waals surface area contributed by atoms with E-state index in [9.17, 15) is 9.59 Å². The van der Waals surface area contributed by atoms with Crippen LogP contribution in [0.4, 0.5) is 0 Å². The van der Waals surface area contributed by atoms with Gasteiger partial charge in [-0.05, 0) is 32.1 Å². The number of hydrogen-bond acceptors (Lipinski definition) is 4. The van der Waals surface area contributed by atoms with Crippen molar-refractivity contribution in [2.75, 3.05) is 13.1 Å². The molecule has 1 saturated carbocycles. The standard InChI is InChI=1S/C20H31N5O2/c1-14(26)24-12-10-15(11-13-24)19-23-22-18-9-8-17(25(18)19)20(27)21-16-6-4-2-3-5-7-16/h15-17H,2-13H2,1H3,(H,21,27). The van der Waals surface area contributed by atoms with E-state index in [0.717, 1.165) is 63.3 Å². The molecule has 1 N–H and O–H groups in total. The number of likely N-dealkylation sites (tertiary alicyclic amines) is 1. The van der Waals surface area contributed by atoms with Gasteiger partial charge in [0, 0.05) is 38.4 Å². The molecule has 1 aromatic rings. The van der Waals surface area contributed by atoms with Crippen molar-refractivity contribution in [2.45, 2.75) is 89.1 Å². The summed E-state index contributed by atoms with van der Waals surface area (Å²) in [6.07, 6.45) is 10.6. The van der Waals surface area contributed by atoms with Crippen LogP contribution in [0.1, 0.15) is 88.3 Å². The van der Waals surface area contributed by atoms with Gasteiger partial charge in [-0.25, -0.2) is 0 Å². The zero-order chi connectivity index (χ0) is 18.8.